The fraction of sp³-hybridized carbons (Fsp3) is 0. The number of benzene rings is 1. The molecule has 1 aromatic heterocycles. The Labute approximate surface area is 92.5 Å². The Balaban J connectivity index is 2.58. The number of halogens is 3. The summed E-state index contributed by atoms with van der Waals surface area (Å²) in [6.45, 7) is 0. The topological polar surface area (TPSA) is 54.7 Å². The molecule has 0 aliphatic heterocycles. The van der Waals surface area contributed by atoms with Crippen molar-refractivity contribution < 1.29 is 8.78 Å². The van der Waals surface area contributed by atoms with Crippen LogP contribution >= 0.6 is 15.9 Å². The molecule has 0 aliphatic carbocycles. The molecule has 0 atom stereocenters. The van der Waals surface area contributed by atoms with Crippen LogP contribution in [0.5, 0.6) is 0 Å². The van der Waals surface area contributed by atoms with Crippen LogP contribution in [0.2, 0.25) is 0 Å². The monoisotopic (exact) mass is 273 g/mol. The highest BCUT2D eigenvalue weighted by molar-refractivity contribution is 9.10. The molecule has 3 N–H and O–H groups in total. The minimum absolute atomic E-state index is 0.224. The lowest BCUT2D eigenvalue weighted by Crippen LogP contribution is -1.89. The number of H-pyrrole nitrogens is 1. The molecule has 1 heterocycles. The van der Waals surface area contributed by atoms with Crippen molar-refractivity contribution in [1.29, 1.82) is 0 Å². The van der Waals surface area contributed by atoms with Gasteiger partial charge >= 0.3 is 0 Å². The van der Waals surface area contributed by atoms with E-state index in [9.17, 15) is 8.78 Å². The number of nitrogens with one attached hydrogen (secondary N) is 1. The maximum atomic E-state index is 13.0. The average Bonchev–Trinajstić information content (AvgIpc) is 2.58. The summed E-state index contributed by atoms with van der Waals surface area (Å²) in [6.07, 6.45) is 1.45. The zero-order valence-corrected chi connectivity index (χ0v) is 8.98. The van der Waals surface area contributed by atoms with Gasteiger partial charge in [0.15, 0.2) is 17.6 Å². The van der Waals surface area contributed by atoms with Gasteiger partial charge in [0, 0.05) is 10.0 Å². The second-order valence-electron chi connectivity index (χ2n) is 2.93. The SMILES string of the molecule is Nc1ncc(-c2cc(F)c(F)cc2Br)[nH]1. The molecule has 15 heavy (non-hydrogen) atoms. The Morgan fingerprint density at radius 2 is 1.93 bits per heavy atom. The van der Waals surface area contributed by atoms with Crippen LogP contribution in [0.15, 0.2) is 22.8 Å². The van der Waals surface area contributed by atoms with E-state index < -0.39 is 11.6 Å². The molecule has 78 valence electrons. The van der Waals surface area contributed by atoms with Crippen molar-refractivity contribution in [3.8, 4) is 11.3 Å². The Kier molecular flexibility index (Phi) is 2.44. The largest absolute Gasteiger partial charge is 0.369 e. The number of hydrogen-bond donors (Lipinski definition) is 2. The van der Waals surface area contributed by atoms with Crippen molar-refractivity contribution in [3.05, 3.63) is 34.4 Å². The van der Waals surface area contributed by atoms with Crippen molar-refractivity contribution >= 4 is 21.9 Å². The Hall–Kier alpha value is -1.43. The van der Waals surface area contributed by atoms with Crippen LogP contribution in [0.25, 0.3) is 11.3 Å². The van der Waals surface area contributed by atoms with E-state index in [-0.39, 0.29) is 5.95 Å². The lowest BCUT2D eigenvalue weighted by atomic mass is 10.1. The zero-order chi connectivity index (χ0) is 11.0. The summed E-state index contributed by atoms with van der Waals surface area (Å²) in [5.74, 6) is -1.60. The number of nitrogens with two attached hydrogens (primary N) is 1. The van der Waals surface area contributed by atoms with Gasteiger partial charge in [-0.3, -0.25) is 0 Å². The van der Waals surface area contributed by atoms with Gasteiger partial charge in [0.05, 0.1) is 11.9 Å². The number of nitrogens with zero attached hydrogens (tertiary/aromatic N) is 1. The number of nitrogen functional groups attached to an aromatic ring is 1. The molecular weight excluding hydrogens is 268 g/mol. The zero-order valence-electron chi connectivity index (χ0n) is 7.39. The summed E-state index contributed by atoms with van der Waals surface area (Å²) in [5, 5.41) is 0. The molecule has 0 saturated heterocycles. The highest BCUT2D eigenvalue weighted by Gasteiger charge is 2.11. The maximum Gasteiger partial charge on any atom is 0.197 e. The molecule has 0 aliphatic rings. The van der Waals surface area contributed by atoms with Crippen LogP contribution in [-0.2, 0) is 0 Å². The van der Waals surface area contributed by atoms with Crippen LogP contribution in [0.1, 0.15) is 0 Å². The van der Waals surface area contributed by atoms with E-state index >= 15 is 0 Å². The maximum absolute atomic E-state index is 13.0. The molecule has 2 rings (SSSR count). The van der Waals surface area contributed by atoms with Crippen molar-refractivity contribution in [2.24, 2.45) is 0 Å². The lowest BCUT2D eigenvalue weighted by molar-refractivity contribution is 0.508. The first-order chi connectivity index (χ1) is 7.08. The summed E-state index contributed by atoms with van der Waals surface area (Å²) in [5.41, 5.74) is 6.38. The first-order valence-corrected chi connectivity index (χ1v) is 4.82. The van der Waals surface area contributed by atoms with Crippen LogP contribution < -0.4 is 5.73 Å². The van der Waals surface area contributed by atoms with E-state index in [1.165, 1.54) is 6.20 Å². The molecule has 0 radical (unpaired) electrons. The number of anilines is 1. The number of aromatic nitrogens is 2. The van der Waals surface area contributed by atoms with Crippen molar-refractivity contribution in [1.82, 2.24) is 9.97 Å². The van der Waals surface area contributed by atoms with E-state index in [1.54, 1.807) is 0 Å². The summed E-state index contributed by atoms with van der Waals surface area (Å²) >= 11 is 3.13. The Morgan fingerprint density at radius 1 is 1.27 bits per heavy atom. The number of rotatable bonds is 1. The average molecular weight is 274 g/mol. The number of imidazole rings is 1. The van der Waals surface area contributed by atoms with Gasteiger partial charge in [0.1, 0.15) is 0 Å². The second kappa shape index (κ2) is 3.62. The first kappa shape index (κ1) is 10.1. The molecule has 0 fully saturated rings. The third-order valence-corrected chi connectivity index (χ3v) is 2.55. The molecule has 1 aromatic carbocycles. The Morgan fingerprint density at radius 3 is 2.53 bits per heavy atom. The van der Waals surface area contributed by atoms with E-state index in [0.29, 0.717) is 15.7 Å². The fourth-order valence-corrected chi connectivity index (χ4v) is 1.73. The normalized spacial score (nSPS) is 10.6. The van der Waals surface area contributed by atoms with Gasteiger partial charge in [0.25, 0.3) is 0 Å². The van der Waals surface area contributed by atoms with Crippen LogP contribution in [-0.4, -0.2) is 9.97 Å². The quantitative estimate of drug-likeness (QED) is 0.785. The van der Waals surface area contributed by atoms with E-state index in [1.807, 2.05) is 0 Å². The van der Waals surface area contributed by atoms with Gasteiger partial charge in [-0.05, 0) is 28.1 Å². The van der Waals surface area contributed by atoms with Crippen molar-refractivity contribution in [3.63, 3.8) is 0 Å². The summed E-state index contributed by atoms with van der Waals surface area (Å²) in [7, 11) is 0. The summed E-state index contributed by atoms with van der Waals surface area (Å²) in [6, 6.07) is 2.13. The van der Waals surface area contributed by atoms with Gasteiger partial charge in [-0.2, -0.15) is 0 Å². The predicted octanol–water partition coefficient (Wildman–Crippen LogP) is 2.70. The van der Waals surface area contributed by atoms with Gasteiger partial charge in [0.2, 0.25) is 0 Å². The van der Waals surface area contributed by atoms with Gasteiger partial charge in [-0.15, -0.1) is 0 Å². The van der Waals surface area contributed by atoms with E-state index in [0.717, 1.165) is 12.1 Å². The molecule has 0 bridgehead atoms. The lowest BCUT2D eigenvalue weighted by Gasteiger charge is -2.02. The summed E-state index contributed by atoms with van der Waals surface area (Å²) < 4.78 is 26.3. The molecule has 3 nitrogen and oxygen atoms in total. The van der Waals surface area contributed by atoms with Crippen molar-refractivity contribution in [2.75, 3.05) is 5.73 Å². The van der Waals surface area contributed by atoms with Crippen LogP contribution in [0.4, 0.5) is 14.7 Å². The predicted molar refractivity (Wildman–Crippen MR) is 56.1 cm³/mol. The Bertz CT molecular complexity index is 510. The van der Waals surface area contributed by atoms with Gasteiger partial charge in [-0.1, -0.05) is 0 Å². The molecule has 0 saturated carbocycles. The highest BCUT2D eigenvalue weighted by atomic mass is 79.9. The van der Waals surface area contributed by atoms with E-state index in [2.05, 4.69) is 25.9 Å². The fourth-order valence-electron chi connectivity index (χ4n) is 1.20. The van der Waals surface area contributed by atoms with Gasteiger partial charge in [-0.25, -0.2) is 13.8 Å². The molecule has 2 aromatic rings. The second-order valence-corrected chi connectivity index (χ2v) is 3.78. The van der Waals surface area contributed by atoms with E-state index in [4.69, 9.17) is 5.73 Å². The first-order valence-electron chi connectivity index (χ1n) is 4.03. The molecule has 0 amide bonds. The summed E-state index contributed by atoms with van der Waals surface area (Å²) in [4.78, 5) is 6.50. The van der Waals surface area contributed by atoms with Crippen LogP contribution in [0.3, 0.4) is 0 Å². The molecule has 6 heteroatoms. The minimum atomic E-state index is -0.915. The van der Waals surface area contributed by atoms with Crippen LogP contribution in [0, 0.1) is 11.6 Å². The number of hydrogen-bond acceptors (Lipinski definition) is 2. The van der Waals surface area contributed by atoms with Gasteiger partial charge < -0.3 is 10.7 Å². The standard InChI is InChI=1S/C9H6BrF2N3/c10-5-2-7(12)6(11)1-4(5)8-3-14-9(13)15-8/h1-3H,(H3,13,14,15). The third-order valence-electron chi connectivity index (χ3n) is 1.90. The minimum Gasteiger partial charge on any atom is -0.369 e. The molecule has 0 unspecified atom stereocenters. The van der Waals surface area contributed by atoms with Crippen molar-refractivity contribution in [2.45, 2.75) is 0 Å². The smallest absolute Gasteiger partial charge is 0.197 e. The highest BCUT2D eigenvalue weighted by Crippen LogP contribution is 2.29. The molecule has 0 spiro atoms. The molecular formula is C9H6BrF2N3. The number of aromatic amines is 1. The third kappa shape index (κ3) is 1.85.